The number of rotatable bonds is 5. The Balaban J connectivity index is 2.04. The predicted octanol–water partition coefficient (Wildman–Crippen LogP) is 5.97. The Hall–Kier alpha value is -2.07. The molecule has 1 aromatic carbocycles. The van der Waals surface area contributed by atoms with Crippen LogP contribution in [-0.4, -0.2) is 23.3 Å². The second kappa shape index (κ2) is 8.97. The highest BCUT2D eigenvalue weighted by atomic mass is 16.6. The van der Waals surface area contributed by atoms with E-state index >= 15 is 0 Å². The molecule has 0 aromatic heterocycles. The van der Waals surface area contributed by atoms with Gasteiger partial charge < -0.3 is 14.6 Å². The van der Waals surface area contributed by atoms with Crippen molar-refractivity contribution in [3.05, 3.63) is 53.1 Å². The van der Waals surface area contributed by atoms with E-state index in [0.717, 1.165) is 29.5 Å². The molecule has 0 aliphatic heterocycles. The lowest BCUT2D eigenvalue weighted by atomic mass is 9.66. The molecular weight excluding hydrogens is 376 g/mol. The van der Waals surface area contributed by atoms with Crippen LogP contribution in [0.4, 0.5) is 0 Å². The quantitative estimate of drug-likeness (QED) is 0.606. The van der Waals surface area contributed by atoms with E-state index in [2.05, 4.69) is 18.2 Å². The van der Waals surface area contributed by atoms with Crippen LogP contribution in [0.25, 0.3) is 0 Å². The smallest absolute Gasteiger partial charge is 0.332 e. The molecule has 2 atom stereocenters. The van der Waals surface area contributed by atoms with Crippen LogP contribution in [0.15, 0.2) is 42.0 Å². The standard InChI is InChI=1S/C26H36O4/c1-18-14-15-21(20-11-7-6-8-12-20)26(16-18,22-13-9-10-19(2)24(22)28)29-17-23(27)30-25(3,4)5/h9-10,13-16,20-21,28H,6-8,11-12,17H2,1-5H3. The van der Waals surface area contributed by atoms with Crippen molar-refractivity contribution in [2.24, 2.45) is 11.8 Å². The third-order valence-electron chi connectivity index (χ3n) is 6.17. The molecule has 2 aliphatic rings. The number of benzene rings is 1. The molecular formula is C26H36O4. The molecule has 0 saturated heterocycles. The SMILES string of the molecule is CC1=CC(OCC(=O)OC(C)(C)C)(c2cccc(C)c2O)C(C2CCCCC2)C=C1. The minimum absolute atomic E-state index is 0.0524. The Bertz CT molecular complexity index is 824. The number of hydrogen-bond donors (Lipinski definition) is 1. The summed E-state index contributed by atoms with van der Waals surface area (Å²) in [5.74, 6) is 0.341. The molecule has 1 saturated carbocycles. The van der Waals surface area contributed by atoms with Gasteiger partial charge in [-0.1, -0.05) is 55.2 Å². The summed E-state index contributed by atoms with van der Waals surface area (Å²) in [4.78, 5) is 12.5. The van der Waals surface area contributed by atoms with Crippen molar-refractivity contribution < 1.29 is 19.4 Å². The van der Waals surface area contributed by atoms with Crippen LogP contribution in [0.1, 0.15) is 70.9 Å². The molecule has 0 bridgehead atoms. The lowest BCUT2D eigenvalue weighted by Crippen LogP contribution is -2.43. The maximum atomic E-state index is 12.5. The number of hydrogen-bond acceptors (Lipinski definition) is 4. The van der Waals surface area contributed by atoms with Crippen molar-refractivity contribution >= 4 is 5.97 Å². The van der Waals surface area contributed by atoms with E-state index in [1.54, 1.807) is 0 Å². The molecule has 0 heterocycles. The number of carbonyl (C=O) groups is 1. The largest absolute Gasteiger partial charge is 0.507 e. The predicted molar refractivity (Wildman–Crippen MR) is 119 cm³/mol. The first-order valence-electron chi connectivity index (χ1n) is 11.1. The number of aryl methyl sites for hydroxylation is 1. The highest BCUT2D eigenvalue weighted by Gasteiger charge is 2.46. The van der Waals surface area contributed by atoms with Gasteiger partial charge in [-0.05, 0) is 65.0 Å². The molecule has 3 rings (SSSR count). The Labute approximate surface area is 181 Å². The highest BCUT2D eigenvalue weighted by molar-refractivity contribution is 5.71. The molecule has 164 valence electrons. The van der Waals surface area contributed by atoms with Gasteiger partial charge in [0.1, 0.15) is 23.6 Å². The second-order valence-electron chi connectivity index (χ2n) is 9.81. The fourth-order valence-corrected chi connectivity index (χ4v) is 4.88. The van der Waals surface area contributed by atoms with Crippen molar-refractivity contribution in [1.29, 1.82) is 0 Å². The maximum Gasteiger partial charge on any atom is 0.332 e. The number of ether oxygens (including phenoxy) is 2. The molecule has 4 nitrogen and oxygen atoms in total. The van der Waals surface area contributed by atoms with Crippen molar-refractivity contribution in [2.75, 3.05) is 6.61 Å². The van der Waals surface area contributed by atoms with Crippen molar-refractivity contribution in [1.82, 2.24) is 0 Å². The molecule has 1 fully saturated rings. The van der Waals surface area contributed by atoms with E-state index in [0.29, 0.717) is 5.92 Å². The van der Waals surface area contributed by atoms with E-state index in [-0.39, 0.29) is 18.3 Å². The van der Waals surface area contributed by atoms with Gasteiger partial charge in [0.2, 0.25) is 0 Å². The number of aromatic hydroxyl groups is 1. The first kappa shape index (κ1) is 22.6. The fourth-order valence-electron chi connectivity index (χ4n) is 4.88. The van der Waals surface area contributed by atoms with Gasteiger partial charge in [0.25, 0.3) is 0 Å². The molecule has 2 aliphatic carbocycles. The molecule has 1 N–H and O–H groups in total. The topological polar surface area (TPSA) is 55.8 Å². The maximum absolute atomic E-state index is 12.5. The molecule has 4 heteroatoms. The zero-order valence-electron chi connectivity index (χ0n) is 19.0. The number of para-hydroxylation sites is 1. The summed E-state index contributed by atoms with van der Waals surface area (Å²) in [5, 5.41) is 11.0. The van der Waals surface area contributed by atoms with Gasteiger partial charge in [-0.3, -0.25) is 0 Å². The molecule has 30 heavy (non-hydrogen) atoms. The Morgan fingerprint density at radius 2 is 1.87 bits per heavy atom. The van der Waals surface area contributed by atoms with Gasteiger partial charge >= 0.3 is 5.97 Å². The normalized spacial score (nSPS) is 25.1. The third-order valence-corrected chi connectivity index (χ3v) is 6.17. The van der Waals surface area contributed by atoms with Crippen LogP contribution < -0.4 is 0 Å². The zero-order chi connectivity index (χ0) is 21.9. The average Bonchev–Trinajstić information content (AvgIpc) is 2.68. The molecule has 0 spiro atoms. The van der Waals surface area contributed by atoms with Crippen molar-refractivity contribution in [2.45, 2.75) is 77.9 Å². The van der Waals surface area contributed by atoms with Crippen LogP contribution >= 0.6 is 0 Å². The number of phenols is 1. The highest BCUT2D eigenvalue weighted by Crippen LogP contribution is 2.50. The van der Waals surface area contributed by atoms with Gasteiger partial charge in [-0.15, -0.1) is 0 Å². The van der Waals surface area contributed by atoms with E-state index in [9.17, 15) is 9.90 Å². The fraction of sp³-hybridized carbons (Fsp3) is 0.577. The Morgan fingerprint density at radius 3 is 2.53 bits per heavy atom. The van der Waals surface area contributed by atoms with Crippen LogP contribution in [0.5, 0.6) is 5.75 Å². The first-order valence-corrected chi connectivity index (χ1v) is 11.1. The summed E-state index contributed by atoms with van der Waals surface area (Å²) < 4.78 is 12.0. The monoisotopic (exact) mass is 412 g/mol. The minimum atomic E-state index is -0.895. The van der Waals surface area contributed by atoms with E-state index in [4.69, 9.17) is 9.47 Å². The second-order valence-corrected chi connectivity index (χ2v) is 9.81. The summed E-state index contributed by atoms with van der Waals surface area (Å²) >= 11 is 0. The third kappa shape index (κ3) is 4.97. The summed E-state index contributed by atoms with van der Waals surface area (Å²) in [6.07, 6.45) is 12.4. The van der Waals surface area contributed by atoms with Crippen molar-refractivity contribution in [3.8, 4) is 5.75 Å². The molecule has 2 unspecified atom stereocenters. The van der Waals surface area contributed by atoms with Gasteiger partial charge in [-0.2, -0.15) is 0 Å². The van der Waals surface area contributed by atoms with Crippen molar-refractivity contribution in [3.63, 3.8) is 0 Å². The number of carbonyl (C=O) groups excluding carboxylic acids is 1. The van der Waals surface area contributed by atoms with Gasteiger partial charge in [0, 0.05) is 11.5 Å². The molecule has 0 radical (unpaired) electrons. The van der Waals surface area contributed by atoms with Gasteiger partial charge in [0.05, 0.1) is 0 Å². The summed E-state index contributed by atoms with van der Waals surface area (Å²) in [6, 6.07) is 5.77. The number of esters is 1. The van der Waals surface area contributed by atoms with Crippen LogP contribution in [0, 0.1) is 18.8 Å². The lowest BCUT2D eigenvalue weighted by molar-refractivity contribution is -0.168. The zero-order valence-corrected chi connectivity index (χ0v) is 19.0. The average molecular weight is 413 g/mol. The van der Waals surface area contributed by atoms with Crippen LogP contribution in [0.3, 0.4) is 0 Å². The minimum Gasteiger partial charge on any atom is -0.507 e. The lowest BCUT2D eigenvalue weighted by Gasteiger charge is -2.45. The van der Waals surface area contributed by atoms with Crippen LogP contribution in [0.2, 0.25) is 0 Å². The number of phenolic OH excluding ortho intramolecular Hbond substituents is 1. The van der Waals surface area contributed by atoms with E-state index in [1.165, 1.54) is 19.3 Å². The Kier molecular flexibility index (Phi) is 6.76. The van der Waals surface area contributed by atoms with Gasteiger partial charge in [0.15, 0.2) is 0 Å². The van der Waals surface area contributed by atoms with E-state index < -0.39 is 17.2 Å². The Morgan fingerprint density at radius 1 is 1.17 bits per heavy atom. The van der Waals surface area contributed by atoms with Crippen LogP contribution in [-0.2, 0) is 19.9 Å². The van der Waals surface area contributed by atoms with Gasteiger partial charge in [-0.25, -0.2) is 4.79 Å². The summed E-state index contributed by atoms with van der Waals surface area (Å²) in [7, 11) is 0. The summed E-state index contributed by atoms with van der Waals surface area (Å²) in [6.45, 7) is 9.32. The van der Waals surface area contributed by atoms with E-state index in [1.807, 2.05) is 52.8 Å². The molecule has 0 amide bonds. The number of allylic oxidation sites excluding steroid dienone is 2. The molecule has 1 aromatic rings. The first-order chi connectivity index (χ1) is 14.1. The summed E-state index contributed by atoms with van der Waals surface area (Å²) in [5.41, 5.74) is 1.13.